The van der Waals surface area contributed by atoms with E-state index in [4.69, 9.17) is 9.52 Å². The third kappa shape index (κ3) is 1.96. The van der Waals surface area contributed by atoms with Crippen molar-refractivity contribution in [2.75, 3.05) is 6.54 Å². The van der Waals surface area contributed by atoms with E-state index in [1.165, 1.54) is 0 Å². The number of hydrogen-bond donors (Lipinski definition) is 1. The molecule has 2 rings (SSSR count). The molecule has 0 unspecified atom stereocenters. The number of hydrogen-bond acceptors (Lipinski definition) is 4. The van der Waals surface area contributed by atoms with E-state index in [1.807, 2.05) is 0 Å². The second kappa shape index (κ2) is 4.25. The van der Waals surface area contributed by atoms with E-state index in [9.17, 15) is 9.59 Å². The molecular formula is C11H10N2O4. The monoisotopic (exact) mass is 234 g/mol. The van der Waals surface area contributed by atoms with Gasteiger partial charge in [0.05, 0.1) is 0 Å². The number of para-hydroxylation sites is 2. The summed E-state index contributed by atoms with van der Waals surface area (Å²) in [6.45, 7) is 1.61. The third-order valence-electron chi connectivity index (χ3n) is 2.27. The Morgan fingerprint density at radius 1 is 1.41 bits per heavy atom. The molecule has 1 aromatic heterocycles. The topological polar surface area (TPSA) is 83.6 Å². The number of rotatable bonds is 2. The number of carbonyl (C=O) groups is 2. The highest BCUT2D eigenvalue weighted by Gasteiger charge is 2.25. The van der Waals surface area contributed by atoms with Gasteiger partial charge in [0.1, 0.15) is 5.52 Å². The van der Waals surface area contributed by atoms with Crippen LogP contribution in [0.1, 0.15) is 17.6 Å². The lowest BCUT2D eigenvalue weighted by Gasteiger charge is -2.11. The molecule has 1 heterocycles. The van der Waals surface area contributed by atoms with Crippen LogP contribution in [0.15, 0.2) is 28.7 Å². The van der Waals surface area contributed by atoms with Gasteiger partial charge in [0, 0.05) is 6.54 Å². The Bertz CT molecular complexity index is 543. The number of benzene rings is 1. The average molecular weight is 234 g/mol. The maximum atomic E-state index is 11.8. The predicted molar refractivity (Wildman–Crippen MR) is 58.7 cm³/mol. The minimum Gasteiger partial charge on any atom is -0.465 e. The minimum absolute atomic E-state index is 0.0485. The second-order valence-corrected chi connectivity index (χ2v) is 3.32. The molecule has 0 spiro atoms. The van der Waals surface area contributed by atoms with Gasteiger partial charge in [0.25, 0.3) is 5.89 Å². The molecule has 17 heavy (non-hydrogen) atoms. The lowest BCUT2D eigenvalue weighted by Crippen LogP contribution is -2.35. The molecule has 6 nitrogen and oxygen atoms in total. The zero-order valence-electron chi connectivity index (χ0n) is 9.08. The fourth-order valence-corrected chi connectivity index (χ4v) is 1.44. The summed E-state index contributed by atoms with van der Waals surface area (Å²) in [5, 5.41) is 8.82. The summed E-state index contributed by atoms with van der Waals surface area (Å²) in [6.07, 6.45) is -1.32. The van der Waals surface area contributed by atoms with Crippen molar-refractivity contribution in [3.8, 4) is 0 Å². The van der Waals surface area contributed by atoms with E-state index in [2.05, 4.69) is 4.98 Å². The summed E-state index contributed by atoms with van der Waals surface area (Å²) in [5.74, 6) is -0.966. The van der Waals surface area contributed by atoms with Crippen LogP contribution in [0.25, 0.3) is 11.1 Å². The van der Waals surface area contributed by atoms with E-state index < -0.39 is 12.0 Å². The largest absolute Gasteiger partial charge is 0.465 e. The van der Waals surface area contributed by atoms with Crippen LogP contribution in [0.3, 0.4) is 0 Å². The van der Waals surface area contributed by atoms with Crippen molar-refractivity contribution in [1.82, 2.24) is 9.88 Å². The SMILES string of the molecule is CCN(C(=O)O)C(=O)c1nc2ccccc2o1. The van der Waals surface area contributed by atoms with E-state index in [1.54, 1.807) is 31.2 Å². The number of nitrogens with zero attached hydrogens (tertiary/aromatic N) is 2. The van der Waals surface area contributed by atoms with Crippen LogP contribution in [0, 0.1) is 0 Å². The number of imide groups is 1. The van der Waals surface area contributed by atoms with Gasteiger partial charge < -0.3 is 9.52 Å². The molecule has 1 N–H and O–H groups in total. The van der Waals surface area contributed by atoms with Gasteiger partial charge in [-0.1, -0.05) is 12.1 Å². The summed E-state index contributed by atoms with van der Waals surface area (Å²) in [4.78, 5) is 27.2. The van der Waals surface area contributed by atoms with Crippen LogP contribution in [0.5, 0.6) is 0 Å². The zero-order valence-corrected chi connectivity index (χ0v) is 9.08. The molecule has 2 amide bonds. The van der Waals surface area contributed by atoms with Crippen molar-refractivity contribution in [2.24, 2.45) is 0 Å². The Morgan fingerprint density at radius 3 is 2.71 bits per heavy atom. The second-order valence-electron chi connectivity index (χ2n) is 3.32. The molecule has 0 atom stereocenters. The maximum Gasteiger partial charge on any atom is 0.414 e. The van der Waals surface area contributed by atoms with Crippen molar-refractivity contribution < 1.29 is 19.1 Å². The van der Waals surface area contributed by atoms with Crippen molar-refractivity contribution in [2.45, 2.75) is 6.92 Å². The van der Waals surface area contributed by atoms with Gasteiger partial charge in [-0.2, -0.15) is 0 Å². The van der Waals surface area contributed by atoms with Gasteiger partial charge in [-0.05, 0) is 19.1 Å². The normalized spacial score (nSPS) is 10.4. The number of carboxylic acid groups (broad SMARTS) is 1. The van der Waals surface area contributed by atoms with Crippen LogP contribution >= 0.6 is 0 Å². The Morgan fingerprint density at radius 2 is 2.12 bits per heavy atom. The first-order valence-corrected chi connectivity index (χ1v) is 5.04. The Hall–Kier alpha value is -2.37. The number of aromatic nitrogens is 1. The Labute approximate surface area is 96.5 Å². The summed E-state index contributed by atoms with van der Waals surface area (Å²) >= 11 is 0. The van der Waals surface area contributed by atoms with Gasteiger partial charge in [-0.25, -0.2) is 14.7 Å². The van der Waals surface area contributed by atoms with Crippen molar-refractivity contribution >= 4 is 23.1 Å². The first kappa shape index (κ1) is 11.1. The molecule has 1 aromatic carbocycles. The van der Waals surface area contributed by atoms with Crippen LogP contribution in [0.2, 0.25) is 0 Å². The molecule has 0 bridgehead atoms. The third-order valence-corrected chi connectivity index (χ3v) is 2.27. The van der Waals surface area contributed by atoms with Crippen molar-refractivity contribution in [3.05, 3.63) is 30.2 Å². The lowest BCUT2D eigenvalue weighted by atomic mass is 10.3. The highest BCUT2D eigenvalue weighted by Crippen LogP contribution is 2.15. The Kier molecular flexibility index (Phi) is 2.78. The molecule has 0 aliphatic carbocycles. The van der Waals surface area contributed by atoms with Crippen molar-refractivity contribution in [1.29, 1.82) is 0 Å². The summed E-state index contributed by atoms with van der Waals surface area (Å²) in [6, 6.07) is 6.85. The molecule has 88 valence electrons. The maximum absolute atomic E-state index is 11.8. The standard InChI is InChI=1S/C11H10N2O4/c1-2-13(11(15)16)10(14)9-12-7-5-3-4-6-8(7)17-9/h3-6H,2H2,1H3,(H,15,16). The highest BCUT2D eigenvalue weighted by atomic mass is 16.4. The van der Waals surface area contributed by atoms with Crippen LogP contribution in [-0.4, -0.2) is 33.5 Å². The minimum atomic E-state index is -1.32. The van der Waals surface area contributed by atoms with Gasteiger partial charge in [0.15, 0.2) is 5.58 Å². The van der Waals surface area contributed by atoms with Gasteiger partial charge in [0.2, 0.25) is 0 Å². The summed E-state index contributed by atoms with van der Waals surface area (Å²) in [7, 11) is 0. The average Bonchev–Trinajstić information content (AvgIpc) is 2.72. The fourth-order valence-electron chi connectivity index (χ4n) is 1.44. The van der Waals surface area contributed by atoms with Crippen LogP contribution < -0.4 is 0 Å². The highest BCUT2D eigenvalue weighted by molar-refractivity contribution is 6.00. The molecule has 2 aromatic rings. The molecule has 0 aliphatic heterocycles. The first-order chi connectivity index (χ1) is 8.13. The number of oxazole rings is 1. The first-order valence-electron chi connectivity index (χ1n) is 5.04. The van der Waals surface area contributed by atoms with E-state index in [-0.39, 0.29) is 12.4 Å². The molecular weight excluding hydrogens is 224 g/mol. The van der Waals surface area contributed by atoms with E-state index in [0.29, 0.717) is 16.0 Å². The van der Waals surface area contributed by atoms with Gasteiger partial charge in [-0.3, -0.25) is 4.79 Å². The van der Waals surface area contributed by atoms with Crippen LogP contribution in [-0.2, 0) is 0 Å². The summed E-state index contributed by atoms with van der Waals surface area (Å²) in [5.41, 5.74) is 0.981. The summed E-state index contributed by atoms with van der Waals surface area (Å²) < 4.78 is 5.20. The van der Waals surface area contributed by atoms with Crippen LogP contribution in [0.4, 0.5) is 4.79 Å². The molecule has 0 fully saturated rings. The quantitative estimate of drug-likeness (QED) is 0.858. The molecule has 0 aliphatic rings. The van der Waals surface area contributed by atoms with Crippen molar-refractivity contribution in [3.63, 3.8) is 0 Å². The Balaban J connectivity index is 2.39. The number of fused-ring (bicyclic) bond motifs is 1. The number of carbonyl (C=O) groups excluding carboxylic acids is 1. The van der Waals surface area contributed by atoms with E-state index >= 15 is 0 Å². The van der Waals surface area contributed by atoms with E-state index in [0.717, 1.165) is 0 Å². The molecule has 6 heteroatoms. The van der Waals surface area contributed by atoms with Gasteiger partial charge >= 0.3 is 12.0 Å². The van der Waals surface area contributed by atoms with Gasteiger partial charge in [-0.15, -0.1) is 0 Å². The lowest BCUT2D eigenvalue weighted by molar-refractivity contribution is 0.0715. The predicted octanol–water partition coefficient (Wildman–Crippen LogP) is 1.97. The number of amides is 2. The molecule has 0 saturated heterocycles. The zero-order chi connectivity index (χ0) is 12.4. The fraction of sp³-hybridized carbons (Fsp3) is 0.182. The smallest absolute Gasteiger partial charge is 0.414 e. The molecule has 0 saturated carbocycles. The molecule has 0 radical (unpaired) electrons.